The van der Waals surface area contributed by atoms with Crippen LogP contribution in [0.1, 0.15) is 30.4 Å². The van der Waals surface area contributed by atoms with Crippen LogP contribution in [-0.4, -0.2) is 19.7 Å². The molecule has 94 valence electrons. The van der Waals surface area contributed by atoms with E-state index in [9.17, 15) is 0 Å². The third kappa shape index (κ3) is 3.23. The molecule has 0 bridgehead atoms. The summed E-state index contributed by atoms with van der Waals surface area (Å²) in [4.78, 5) is 0. The van der Waals surface area contributed by atoms with Crippen molar-refractivity contribution in [3.05, 3.63) is 27.7 Å². The molecule has 17 heavy (non-hydrogen) atoms. The van der Waals surface area contributed by atoms with E-state index in [1.807, 2.05) is 0 Å². The minimum atomic E-state index is 0.603. The SMILES string of the molecule is COc1c(C)cc(Br)cc1CC1CCCCN1. The van der Waals surface area contributed by atoms with Crippen molar-refractivity contribution in [2.45, 2.75) is 38.6 Å². The van der Waals surface area contributed by atoms with Crippen LogP contribution in [0, 0.1) is 6.92 Å². The first-order valence-corrected chi connectivity index (χ1v) is 7.06. The van der Waals surface area contributed by atoms with Crippen molar-refractivity contribution in [1.82, 2.24) is 5.32 Å². The summed E-state index contributed by atoms with van der Waals surface area (Å²) in [5.74, 6) is 1.04. The highest BCUT2D eigenvalue weighted by molar-refractivity contribution is 9.10. The second kappa shape index (κ2) is 5.87. The van der Waals surface area contributed by atoms with Crippen molar-refractivity contribution < 1.29 is 4.74 Å². The van der Waals surface area contributed by atoms with Gasteiger partial charge in [0, 0.05) is 10.5 Å². The van der Waals surface area contributed by atoms with Gasteiger partial charge in [0.2, 0.25) is 0 Å². The Morgan fingerprint density at radius 1 is 1.41 bits per heavy atom. The van der Waals surface area contributed by atoms with Crippen LogP contribution in [0.5, 0.6) is 5.75 Å². The zero-order chi connectivity index (χ0) is 12.3. The Balaban J connectivity index is 2.18. The minimum Gasteiger partial charge on any atom is -0.496 e. The third-order valence-corrected chi connectivity index (χ3v) is 3.86. The van der Waals surface area contributed by atoms with E-state index in [4.69, 9.17) is 4.74 Å². The summed E-state index contributed by atoms with van der Waals surface area (Å²) in [7, 11) is 1.76. The molecule has 0 amide bonds. The van der Waals surface area contributed by atoms with Gasteiger partial charge in [-0.05, 0) is 56.0 Å². The van der Waals surface area contributed by atoms with Gasteiger partial charge in [-0.1, -0.05) is 22.4 Å². The van der Waals surface area contributed by atoms with Gasteiger partial charge in [-0.25, -0.2) is 0 Å². The number of aryl methyl sites for hydroxylation is 1. The Bertz CT molecular complexity index is 386. The molecule has 1 unspecified atom stereocenters. The van der Waals surface area contributed by atoms with Crippen molar-refractivity contribution in [2.24, 2.45) is 0 Å². The summed E-state index contributed by atoms with van der Waals surface area (Å²) in [6, 6.07) is 4.89. The molecule has 0 saturated carbocycles. The van der Waals surface area contributed by atoms with Gasteiger partial charge in [0.15, 0.2) is 0 Å². The van der Waals surface area contributed by atoms with Gasteiger partial charge < -0.3 is 10.1 Å². The van der Waals surface area contributed by atoms with Crippen LogP contribution in [0.4, 0.5) is 0 Å². The summed E-state index contributed by atoms with van der Waals surface area (Å²) in [5, 5.41) is 3.59. The Kier molecular flexibility index (Phi) is 4.46. The van der Waals surface area contributed by atoms with E-state index in [1.165, 1.54) is 30.4 Å². The molecule has 1 heterocycles. The number of rotatable bonds is 3. The van der Waals surface area contributed by atoms with Crippen LogP contribution in [0.25, 0.3) is 0 Å². The van der Waals surface area contributed by atoms with Crippen molar-refractivity contribution >= 4 is 15.9 Å². The molecule has 1 N–H and O–H groups in total. The maximum Gasteiger partial charge on any atom is 0.125 e. The van der Waals surface area contributed by atoms with Crippen molar-refractivity contribution in [2.75, 3.05) is 13.7 Å². The first-order chi connectivity index (χ1) is 8.20. The molecular formula is C14H20BrNO. The molecule has 1 aliphatic heterocycles. The highest BCUT2D eigenvalue weighted by Crippen LogP contribution is 2.29. The molecule has 2 rings (SSSR count). The summed E-state index contributed by atoms with van der Waals surface area (Å²) in [6.45, 7) is 3.25. The summed E-state index contributed by atoms with van der Waals surface area (Å²) >= 11 is 3.57. The predicted molar refractivity (Wildman–Crippen MR) is 74.8 cm³/mol. The molecule has 0 aliphatic carbocycles. The Morgan fingerprint density at radius 2 is 2.24 bits per heavy atom. The average molecular weight is 298 g/mol. The lowest BCUT2D eigenvalue weighted by Crippen LogP contribution is -2.35. The lowest BCUT2D eigenvalue weighted by atomic mass is 9.96. The van der Waals surface area contributed by atoms with E-state index in [0.29, 0.717) is 6.04 Å². The maximum absolute atomic E-state index is 5.52. The first-order valence-electron chi connectivity index (χ1n) is 6.27. The van der Waals surface area contributed by atoms with Crippen LogP contribution in [-0.2, 0) is 6.42 Å². The molecule has 0 aromatic heterocycles. The summed E-state index contributed by atoms with van der Waals surface area (Å²) < 4.78 is 6.66. The van der Waals surface area contributed by atoms with E-state index < -0.39 is 0 Å². The first kappa shape index (κ1) is 12.9. The van der Waals surface area contributed by atoms with Gasteiger partial charge in [-0.3, -0.25) is 0 Å². The topological polar surface area (TPSA) is 21.3 Å². The standard InChI is InChI=1S/C14H20BrNO/c1-10-7-12(15)8-11(14(10)17-2)9-13-5-3-4-6-16-13/h7-8,13,16H,3-6,9H2,1-2H3. The monoisotopic (exact) mass is 297 g/mol. The second-order valence-corrected chi connectivity index (χ2v) is 5.68. The molecule has 1 saturated heterocycles. The van der Waals surface area contributed by atoms with Crippen molar-refractivity contribution in [3.63, 3.8) is 0 Å². The van der Waals surface area contributed by atoms with Gasteiger partial charge in [0.25, 0.3) is 0 Å². The predicted octanol–water partition coefficient (Wildman–Crippen LogP) is 3.45. The van der Waals surface area contributed by atoms with Crippen LogP contribution >= 0.6 is 15.9 Å². The minimum absolute atomic E-state index is 0.603. The fraction of sp³-hybridized carbons (Fsp3) is 0.571. The van der Waals surface area contributed by atoms with Gasteiger partial charge in [-0.2, -0.15) is 0 Å². The van der Waals surface area contributed by atoms with E-state index >= 15 is 0 Å². The van der Waals surface area contributed by atoms with Crippen LogP contribution in [0.3, 0.4) is 0 Å². The van der Waals surface area contributed by atoms with E-state index in [1.54, 1.807) is 7.11 Å². The molecule has 1 atom stereocenters. The number of hydrogen-bond donors (Lipinski definition) is 1. The van der Waals surface area contributed by atoms with Gasteiger partial charge >= 0.3 is 0 Å². The molecule has 0 spiro atoms. The average Bonchev–Trinajstić information content (AvgIpc) is 2.30. The second-order valence-electron chi connectivity index (χ2n) is 4.77. The highest BCUT2D eigenvalue weighted by Gasteiger charge is 2.16. The molecule has 1 aliphatic rings. The Morgan fingerprint density at radius 3 is 2.88 bits per heavy atom. The zero-order valence-corrected chi connectivity index (χ0v) is 12.1. The van der Waals surface area contributed by atoms with Crippen LogP contribution in [0.15, 0.2) is 16.6 Å². The van der Waals surface area contributed by atoms with Crippen molar-refractivity contribution in [1.29, 1.82) is 0 Å². The fourth-order valence-electron chi connectivity index (χ4n) is 2.61. The lowest BCUT2D eigenvalue weighted by Gasteiger charge is -2.24. The maximum atomic E-state index is 5.52. The van der Waals surface area contributed by atoms with E-state index in [-0.39, 0.29) is 0 Å². The number of piperidine rings is 1. The van der Waals surface area contributed by atoms with Crippen LogP contribution < -0.4 is 10.1 Å². The Labute approximate surface area is 112 Å². The number of ether oxygens (including phenoxy) is 1. The molecule has 3 heteroatoms. The van der Waals surface area contributed by atoms with Gasteiger partial charge in [-0.15, -0.1) is 0 Å². The lowest BCUT2D eigenvalue weighted by molar-refractivity contribution is 0.380. The molecule has 1 aromatic rings. The molecule has 1 fully saturated rings. The summed E-state index contributed by atoms with van der Waals surface area (Å²) in [5.41, 5.74) is 2.51. The molecule has 0 radical (unpaired) electrons. The fourth-order valence-corrected chi connectivity index (χ4v) is 3.23. The third-order valence-electron chi connectivity index (χ3n) is 3.40. The van der Waals surface area contributed by atoms with Gasteiger partial charge in [0.05, 0.1) is 7.11 Å². The number of methoxy groups -OCH3 is 1. The summed E-state index contributed by atoms with van der Waals surface area (Å²) in [6.07, 6.45) is 4.98. The van der Waals surface area contributed by atoms with Crippen molar-refractivity contribution in [3.8, 4) is 5.75 Å². The molecular weight excluding hydrogens is 278 g/mol. The number of halogens is 1. The largest absolute Gasteiger partial charge is 0.496 e. The number of nitrogens with one attached hydrogen (secondary N) is 1. The van der Waals surface area contributed by atoms with E-state index in [0.717, 1.165) is 23.2 Å². The highest BCUT2D eigenvalue weighted by atomic mass is 79.9. The number of benzene rings is 1. The van der Waals surface area contributed by atoms with Gasteiger partial charge in [0.1, 0.15) is 5.75 Å². The Hall–Kier alpha value is -0.540. The number of hydrogen-bond acceptors (Lipinski definition) is 2. The molecule has 1 aromatic carbocycles. The smallest absolute Gasteiger partial charge is 0.125 e. The van der Waals surface area contributed by atoms with Crippen LogP contribution in [0.2, 0.25) is 0 Å². The zero-order valence-electron chi connectivity index (χ0n) is 10.6. The molecule has 2 nitrogen and oxygen atoms in total. The van der Waals surface area contributed by atoms with E-state index in [2.05, 4.69) is 40.3 Å². The normalized spacial score (nSPS) is 20.3. The quantitative estimate of drug-likeness (QED) is 0.923.